The second-order valence-electron chi connectivity index (χ2n) is 4.90. The van der Waals surface area contributed by atoms with Gasteiger partial charge >= 0.3 is 0 Å². The minimum Gasteiger partial charge on any atom is -0.310 e. The Morgan fingerprint density at radius 1 is 1.44 bits per heavy atom. The van der Waals surface area contributed by atoms with E-state index < -0.39 is 10.8 Å². The van der Waals surface area contributed by atoms with E-state index in [0.29, 0.717) is 0 Å². The number of hydrogen-bond acceptors (Lipinski definition) is 3. The van der Waals surface area contributed by atoms with Crippen molar-refractivity contribution in [1.82, 2.24) is 10.2 Å². The van der Waals surface area contributed by atoms with Crippen LogP contribution in [0.1, 0.15) is 33.6 Å². The van der Waals surface area contributed by atoms with Crippen LogP contribution in [-0.2, 0) is 10.8 Å². The molecular weight excluding hydrogens is 220 g/mol. The van der Waals surface area contributed by atoms with E-state index in [4.69, 9.17) is 0 Å². The van der Waals surface area contributed by atoms with Gasteiger partial charge in [0.15, 0.2) is 0 Å². The predicted octanol–water partition coefficient (Wildman–Crippen LogP) is 1.22. The van der Waals surface area contributed by atoms with Crippen LogP contribution in [0.15, 0.2) is 0 Å². The molecule has 0 aliphatic carbocycles. The van der Waals surface area contributed by atoms with Gasteiger partial charge in [0, 0.05) is 40.9 Å². The van der Waals surface area contributed by atoms with Crippen LogP contribution in [0.5, 0.6) is 0 Å². The lowest BCUT2D eigenvalue weighted by Gasteiger charge is -2.32. The SMILES string of the molecule is CCS(=O)CCN1CCCNC(C)(CC)C1. The van der Waals surface area contributed by atoms with Crippen molar-refractivity contribution in [1.29, 1.82) is 0 Å². The highest BCUT2D eigenvalue weighted by Crippen LogP contribution is 2.14. The third kappa shape index (κ3) is 4.52. The fourth-order valence-electron chi connectivity index (χ4n) is 2.12. The molecule has 0 saturated carbocycles. The summed E-state index contributed by atoms with van der Waals surface area (Å²) in [5.41, 5.74) is 0.240. The van der Waals surface area contributed by atoms with Gasteiger partial charge in [0.1, 0.15) is 0 Å². The second kappa shape index (κ2) is 6.72. The Bertz CT molecular complexity index is 235. The average Bonchev–Trinajstić information content (AvgIpc) is 2.48. The number of nitrogens with zero attached hydrogens (tertiary/aromatic N) is 1. The van der Waals surface area contributed by atoms with Crippen molar-refractivity contribution in [2.75, 3.05) is 37.7 Å². The Labute approximate surface area is 102 Å². The van der Waals surface area contributed by atoms with Gasteiger partial charge in [0.05, 0.1) is 0 Å². The van der Waals surface area contributed by atoms with Crippen LogP contribution in [0, 0.1) is 0 Å². The number of hydrogen-bond donors (Lipinski definition) is 1. The smallest absolute Gasteiger partial charge is 0.0362 e. The van der Waals surface area contributed by atoms with E-state index in [0.717, 1.165) is 44.1 Å². The standard InChI is InChI=1S/C12H26N2OS/c1-4-12(3)11-14(8-6-7-13-12)9-10-16(15)5-2/h13H,4-11H2,1-3H3. The first-order valence-corrected chi connectivity index (χ1v) is 7.91. The third-order valence-corrected chi connectivity index (χ3v) is 4.79. The van der Waals surface area contributed by atoms with E-state index in [1.165, 1.54) is 6.42 Å². The lowest BCUT2D eigenvalue weighted by Crippen LogP contribution is -2.49. The normalized spacial score (nSPS) is 29.9. The molecule has 2 atom stereocenters. The molecule has 4 heteroatoms. The molecular formula is C12H26N2OS. The molecule has 0 aromatic rings. The molecule has 96 valence electrons. The van der Waals surface area contributed by atoms with E-state index in [-0.39, 0.29) is 5.54 Å². The highest BCUT2D eigenvalue weighted by molar-refractivity contribution is 7.84. The zero-order valence-corrected chi connectivity index (χ0v) is 11.7. The monoisotopic (exact) mass is 246 g/mol. The lowest BCUT2D eigenvalue weighted by atomic mass is 9.99. The summed E-state index contributed by atoms with van der Waals surface area (Å²) in [6.45, 7) is 10.8. The lowest BCUT2D eigenvalue weighted by molar-refractivity contribution is 0.225. The van der Waals surface area contributed by atoms with Crippen molar-refractivity contribution in [3.8, 4) is 0 Å². The quantitative estimate of drug-likeness (QED) is 0.791. The third-order valence-electron chi connectivity index (χ3n) is 3.51. The Kier molecular flexibility index (Phi) is 5.94. The van der Waals surface area contributed by atoms with Gasteiger partial charge in [-0.15, -0.1) is 0 Å². The summed E-state index contributed by atoms with van der Waals surface area (Å²) in [7, 11) is -0.623. The van der Waals surface area contributed by atoms with Crippen LogP contribution in [0.3, 0.4) is 0 Å². The minimum atomic E-state index is -0.623. The zero-order valence-electron chi connectivity index (χ0n) is 10.9. The molecule has 1 saturated heterocycles. The van der Waals surface area contributed by atoms with Crippen LogP contribution in [0.2, 0.25) is 0 Å². The van der Waals surface area contributed by atoms with Crippen molar-refractivity contribution in [2.24, 2.45) is 0 Å². The molecule has 1 N–H and O–H groups in total. The summed E-state index contributed by atoms with van der Waals surface area (Å²) in [5, 5.41) is 3.62. The van der Waals surface area contributed by atoms with E-state index in [1.54, 1.807) is 0 Å². The van der Waals surface area contributed by atoms with Crippen LogP contribution in [0.25, 0.3) is 0 Å². The molecule has 2 unspecified atom stereocenters. The van der Waals surface area contributed by atoms with Crippen LogP contribution in [0.4, 0.5) is 0 Å². The molecule has 16 heavy (non-hydrogen) atoms. The molecule has 1 aliphatic heterocycles. The fraction of sp³-hybridized carbons (Fsp3) is 1.00. The summed E-state index contributed by atoms with van der Waals surface area (Å²) >= 11 is 0. The van der Waals surface area contributed by atoms with Crippen molar-refractivity contribution >= 4 is 10.8 Å². The van der Waals surface area contributed by atoms with E-state index in [2.05, 4.69) is 24.1 Å². The second-order valence-corrected chi connectivity index (χ2v) is 6.77. The molecule has 1 aliphatic rings. The summed E-state index contributed by atoms with van der Waals surface area (Å²) in [5.74, 6) is 1.62. The van der Waals surface area contributed by atoms with Gasteiger partial charge in [-0.05, 0) is 32.9 Å². The summed E-state index contributed by atoms with van der Waals surface area (Å²) in [6, 6.07) is 0. The Hall–Kier alpha value is 0.0700. The van der Waals surface area contributed by atoms with Crippen molar-refractivity contribution in [3.05, 3.63) is 0 Å². The summed E-state index contributed by atoms with van der Waals surface area (Å²) < 4.78 is 11.4. The van der Waals surface area contributed by atoms with E-state index >= 15 is 0 Å². The van der Waals surface area contributed by atoms with Gasteiger partial charge in [0.2, 0.25) is 0 Å². The van der Waals surface area contributed by atoms with Crippen molar-refractivity contribution < 1.29 is 4.21 Å². The molecule has 3 nitrogen and oxygen atoms in total. The Morgan fingerprint density at radius 3 is 2.81 bits per heavy atom. The molecule has 1 rings (SSSR count). The largest absolute Gasteiger partial charge is 0.310 e. The van der Waals surface area contributed by atoms with Gasteiger partial charge in [-0.1, -0.05) is 13.8 Å². The highest BCUT2D eigenvalue weighted by Gasteiger charge is 2.26. The molecule has 0 aromatic carbocycles. The molecule has 0 aromatic heterocycles. The zero-order chi connectivity index (χ0) is 12.0. The minimum absolute atomic E-state index is 0.240. The van der Waals surface area contributed by atoms with Gasteiger partial charge in [0.25, 0.3) is 0 Å². The highest BCUT2D eigenvalue weighted by atomic mass is 32.2. The first-order valence-electron chi connectivity index (χ1n) is 6.42. The van der Waals surface area contributed by atoms with Gasteiger partial charge < -0.3 is 10.2 Å². The first kappa shape index (κ1) is 14.1. The molecule has 0 amide bonds. The van der Waals surface area contributed by atoms with Crippen molar-refractivity contribution in [3.63, 3.8) is 0 Å². The van der Waals surface area contributed by atoms with Gasteiger partial charge in [-0.25, -0.2) is 0 Å². The van der Waals surface area contributed by atoms with Crippen LogP contribution >= 0.6 is 0 Å². The molecule has 1 fully saturated rings. The topological polar surface area (TPSA) is 32.3 Å². The Balaban J connectivity index is 2.43. The van der Waals surface area contributed by atoms with Gasteiger partial charge in [-0.2, -0.15) is 0 Å². The molecule has 0 bridgehead atoms. The van der Waals surface area contributed by atoms with E-state index in [1.807, 2.05) is 6.92 Å². The van der Waals surface area contributed by atoms with Crippen molar-refractivity contribution in [2.45, 2.75) is 39.2 Å². The number of rotatable bonds is 5. The molecule has 1 heterocycles. The van der Waals surface area contributed by atoms with E-state index in [9.17, 15) is 4.21 Å². The maximum Gasteiger partial charge on any atom is 0.0362 e. The number of nitrogens with one attached hydrogen (secondary N) is 1. The fourth-order valence-corrected chi connectivity index (χ4v) is 2.87. The average molecular weight is 246 g/mol. The van der Waals surface area contributed by atoms with Crippen LogP contribution in [-0.4, -0.2) is 52.3 Å². The maximum atomic E-state index is 11.4. The Morgan fingerprint density at radius 2 is 2.19 bits per heavy atom. The summed E-state index contributed by atoms with van der Waals surface area (Å²) in [6.07, 6.45) is 2.36. The predicted molar refractivity (Wildman–Crippen MR) is 71.3 cm³/mol. The van der Waals surface area contributed by atoms with Crippen LogP contribution < -0.4 is 5.32 Å². The summed E-state index contributed by atoms with van der Waals surface area (Å²) in [4.78, 5) is 2.47. The first-order chi connectivity index (χ1) is 7.59. The van der Waals surface area contributed by atoms with Gasteiger partial charge in [-0.3, -0.25) is 4.21 Å². The maximum absolute atomic E-state index is 11.4. The molecule has 0 spiro atoms. The molecule has 0 radical (unpaired) electrons.